The Morgan fingerprint density at radius 3 is 2.88 bits per heavy atom. The molecule has 25 heavy (non-hydrogen) atoms. The van der Waals surface area contributed by atoms with Gasteiger partial charge in [-0.25, -0.2) is 0 Å². The largest absolute Gasteiger partial charge is 0.392 e. The number of hydrogen-bond acceptors (Lipinski definition) is 4. The molecule has 0 saturated heterocycles. The Balaban J connectivity index is 0.00000312. The summed E-state index contributed by atoms with van der Waals surface area (Å²) in [4.78, 5) is 4.71. The SMILES string of the molecule is CCNC(=NCC1(C)CCCCC1O)NCCn1cnnc1CC.I. The topological polar surface area (TPSA) is 87.4 Å². The highest BCUT2D eigenvalue weighted by Crippen LogP contribution is 2.36. The standard InChI is InChI=1S/C17H32N6O.HI/c1-4-15-22-21-13-23(15)11-10-19-16(18-5-2)20-12-17(3)9-7-6-8-14(17)24;/h13-14,24H,4-12H2,1-3H3,(H2,18,19,20);1H. The fourth-order valence-electron chi connectivity index (χ4n) is 3.20. The minimum Gasteiger partial charge on any atom is -0.392 e. The van der Waals surface area contributed by atoms with Gasteiger partial charge < -0.3 is 20.3 Å². The molecule has 1 aliphatic carbocycles. The summed E-state index contributed by atoms with van der Waals surface area (Å²) in [6.07, 6.45) is 6.63. The minimum atomic E-state index is -0.248. The number of guanidine groups is 1. The number of aromatic nitrogens is 3. The quantitative estimate of drug-likeness (QED) is 0.326. The highest BCUT2D eigenvalue weighted by Gasteiger charge is 2.35. The predicted molar refractivity (Wildman–Crippen MR) is 111 cm³/mol. The van der Waals surface area contributed by atoms with E-state index in [4.69, 9.17) is 4.99 Å². The van der Waals surface area contributed by atoms with E-state index in [0.717, 1.165) is 57.1 Å². The van der Waals surface area contributed by atoms with Crippen LogP contribution in [0.25, 0.3) is 0 Å². The van der Waals surface area contributed by atoms with Crippen molar-refractivity contribution in [3.05, 3.63) is 12.2 Å². The van der Waals surface area contributed by atoms with Crippen molar-refractivity contribution in [1.29, 1.82) is 0 Å². The molecule has 2 rings (SSSR count). The van der Waals surface area contributed by atoms with E-state index in [1.165, 1.54) is 6.42 Å². The zero-order valence-corrected chi connectivity index (χ0v) is 18.0. The first-order chi connectivity index (χ1) is 11.6. The maximum Gasteiger partial charge on any atom is 0.191 e. The van der Waals surface area contributed by atoms with Crippen molar-refractivity contribution in [1.82, 2.24) is 25.4 Å². The van der Waals surface area contributed by atoms with Crippen molar-refractivity contribution in [3.63, 3.8) is 0 Å². The van der Waals surface area contributed by atoms with Crippen LogP contribution in [0, 0.1) is 5.41 Å². The predicted octanol–water partition coefficient (Wildman–Crippen LogP) is 1.95. The zero-order valence-electron chi connectivity index (χ0n) is 15.7. The number of aliphatic hydroxyl groups excluding tert-OH is 1. The molecule has 8 heteroatoms. The summed E-state index contributed by atoms with van der Waals surface area (Å²) in [6, 6.07) is 0. The van der Waals surface area contributed by atoms with Gasteiger partial charge in [-0.05, 0) is 19.8 Å². The van der Waals surface area contributed by atoms with Gasteiger partial charge in [0.15, 0.2) is 5.96 Å². The second-order valence-electron chi connectivity index (χ2n) is 6.83. The van der Waals surface area contributed by atoms with Gasteiger partial charge in [0.05, 0.1) is 12.6 Å². The van der Waals surface area contributed by atoms with Gasteiger partial charge >= 0.3 is 0 Å². The third-order valence-electron chi connectivity index (χ3n) is 4.88. The third-order valence-corrected chi connectivity index (χ3v) is 4.88. The monoisotopic (exact) mass is 464 g/mol. The normalized spacial score (nSPS) is 23.8. The van der Waals surface area contributed by atoms with Crippen LogP contribution in [0.5, 0.6) is 0 Å². The van der Waals surface area contributed by atoms with Crippen LogP contribution in [0.3, 0.4) is 0 Å². The molecule has 1 heterocycles. The number of aryl methyl sites for hydroxylation is 1. The van der Waals surface area contributed by atoms with Crippen molar-refractivity contribution < 1.29 is 5.11 Å². The summed E-state index contributed by atoms with van der Waals surface area (Å²) in [5, 5.41) is 25.0. The summed E-state index contributed by atoms with van der Waals surface area (Å²) in [6.45, 7) is 9.32. The van der Waals surface area contributed by atoms with Gasteiger partial charge in [0, 0.05) is 31.5 Å². The Morgan fingerprint density at radius 1 is 1.40 bits per heavy atom. The summed E-state index contributed by atoms with van der Waals surface area (Å²) in [5.74, 6) is 1.80. The summed E-state index contributed by atoms with van der Waals surface area (Å²) >= 11 is 0. The Hall–Kier alpha value is -0.900. The van der Waals surface area contributed by atoms with E-state index in [0.29, 0.717) is 6.54 Å². The number of nitrogens with zero attached hydrogens (tertiary/aromatic N) is 4. The van der Waals surface area contributed by atoms with Gasteiger partial charge in [-0.2, -0.15) is 0 Å². The molecular weight excluding hydrogens is 431 g/mol. The van der Waals surface area contributed by atoms with Crippen molar-refractivity contribution in [2.45, 2.75) is 65.5 Å². The van der Waals surface area contributed by atoms with Gasteiger partial charge in [-0.1, -0.05) is 26.7 Å². The molecule has 0 aliphatic heterocycles. The van der Waals surface area contributed by atoms with E-state index in [2.05, 4.69) is 46.2 Å². The molecule has 1 aliphatic rings. The van der Waals surface area contributed by atoms with Crippen molar-refractivity contribution in [2.24, 2.45) is 10.4 Å². The summed E-state index contributed by atoms with van der Waals surface area (Å²) < 4.78 is 2.06. The summed E-state index contributed by atoms with van der Waals surface area (Å²) in [7, 11) is 0. The third kappa shape index (κ3) is 6.40. The van der Waals surface area contributed by atoms with Crippen LogP contribution >= 0.6 is 24.0 Å². The lowest BCUT2D eigenvalue weighted by atomic mass is 9.73. The van der Waals surface area contributed by atoms with E-state index in [9.17, 15) is 5.11 Å². The number of hydrogen-bond donors (Lipinski definition) is 3. The molecule has 0 aromatic carbocycles. The van der Waals surface area contributed by atoms with E-state index in [-0.39, 0.29) is 35.5 Å². The second kappa shape index (κ2) is 10.9. The molecule has 1 aromatic rings. The van der Waals surface area contributed by atoms with E-state index >= 15 is 0 Å². The van der Waals surface area contributed by atoms with E-state index in [1.54, 1.807) is 6.33 Å². The van der Waals surface area contributed by atoms with Crippen LogP contribution in [-0.4, -0.2) is 51.6 Å². The number of aliphatic imine (C=N–C) groups is 1. The van der Waals surface area contributed by atoms with Crippen molar-refractivity contribution in [2.75, 3.05) is 19.6 Å². The first-order valence-electron chi connectivity index (χ1n) is 9.16. The molecule has 1 aromatic heterocycles. The van der Waals surface area contributed by atoms with Gasteiger partial charge in [0.25, 0.3) is 0 Å². The van der Waals surface area contributed by atoms with Gasteiger partial charge in [0.2, 0.25) is 0 Å². The zero-order chi connectivity index (χ0) is 17.4. The van der Waals surface area contributed by atoms with E-state index in [1.807, 2.05) is 0 Å². The Morgan fingerprint density at radius 2 is 2.20 bits per heavy atom. The number of rotatable bonds is 7. The molecule has 0 radical (unpaired) electrons. The van der Waals surface area contributed by atoms with Gasteiger partial charge in [-0.3, -0.25) is 4.99 Å². The molecule has 0 bridgehead atoms. The van der Waals surface area contributed by atoms with Crippen LogP contribution in [0.15, 0.2) is 11.3 Å². The number of nitrogens with one attached hydrogen (secondary N) is 2. The van der Waals surface area contributed by atoms with E-state index < -0.39 is 0 Å². The molecule has 2 atom stereocenters. The molecule has 2 unspecified atom stereocenters. The van der Waals surface area contributed by atoms with Crippen molar-refractivity contribution in [3.8, 4) is 0 Å². The molecule has 7 nitrogen and oxygen atoms in total. The fraction of sp³-hybridized carbons (Fsp3) is 0.824. The molecule has 0 amide bonds. The fourth-order valence-corrected chi connectivity index (χ4v) is 3.20. The number of halogens is 1. The maximum absolute atomic E-state index is 10.3. The van der Waals surface area contributed by atoms with Crippen LogP contribution in [0.2, 0.25) is 0 Å². The van der Waals surface area contributed by atoms with Gasteiger partial charge in [-0.15, -0.1) is 34.2 Å². The first-order valence-corrected chi connectivity index (χ1v) is 9.16. The lowest BCUT2D eigenvalue weighted by Crippen LogP contribution is -2.42. The maximum atomic E-state index is 10.3. The van der Waals surface area contributed by atoms with Crippen molar-refractivity contribution >= 4 is 29.9 Å². The molecule has 3 N–H and O–H groups in total. The highest BCUT2D eigenvalue weighted by molar-refractivity contribution is 14.0. The Labute approximate surface area is 168 Å². The molecule has 0 spiro atoms. The Kier molecular flexibility index (Phi) is 9.70. The van der Waals surface area contributed by atoms with Crippen LogP contribution in [-0.2, 0) is 13.0 Å². The van der Waals surface area contributed by atoms with Crippen LogP contribution in [0.4, 0.5) is 0 Å². The molecular formula is C17H33IN6O. The average molecular weight is 464 g/mol. The molecule has 144 valence electrons. The molecule has 1 fully saturated rings. The average Bonchev–Trinajstić information content (AvgIpc) is 3.03. The lowest BCUT2D eigenvalue weighted by molar-refractivity contribution is 0.00716. The summed E-state index contributed by atoms with van der Waals surface area (Å²) in [5.41, 5.74) is -0.107. The highest BCUT2D eigenvalue weighted by atomic mass is 127. The van der Waals surface area contributed by atoms with Crippen LogP contribution < -0.4 is 10.6 Å². The van der Waals surface area contributed by atoms with Crippen LogP contribution in [0.1, 0.15) is 52.3 Å². The minimum absolute atomic E-state index is 0. The Bertz CT molecular complexity index is 535. The smallest absolute Gasteiger partial charge is 0.191 e. The molecule has 1 saturated carbocycles. The number of aliphatic hydroxyl groups is 1. The van der Waals surface area contributed by atoms with Gasteiger partial charge in [0.1, 0.15) is 12.2 Å². The second-order valence-corrected chi connectivity index (χ2v) is 6.83. The lowest BCUT2D eigenvalue weighted by Gasteiger charge is -2.37. The first kappa shape index (κ1) is 22.1.